The van der Waals surface area contributed by atoms with Gasteiger partial charge in [0.1, 0.15) is 5.71 Å². The number of aliphatic hydroxyl groups is 1. The smallest absolute Gasteiger partial charge is 0.372 e. The first-order chi connectivity index (χ1) is 11.3. The van der Waals surface area contributed by atoms with E-state index in [1.54, 1.807) is 41.8 Å². The number of hydrazone groups is 1. The zero-order valence-electron chi connectivity index (χ0n) is 12.7. The second-order valence-corrected chi connectivity index (χ2v) is 5.08. The lowest BCUT2D eigenvalue weighted by Gasteiger charge is -2.27. The summed E-state index contributed by atoms with van der Waals surface area (Å²) in [6.45, 7) is 0.727. The summed E-state index contributed by atoms with van der Waals surface area (Å²) < 4.78 is 37.5. The van der Waals surface area contributed by atoms with E-state index < -0.39 is 23.4 Å². The van der Waals surface area contributed by atoms with Gasteiger partial charge in [-0.05, 0) is 18.1 Å². The topological polar surface area (TPSA) is 61.7 Å². The minimum atomic E-state index is -4.66. The molecule has 1 amide bonds. The van der Waals surface area contributed by atoms with E-state index in [1.807, 2.05) is 0 Å². The molecule has 0 spiro atoms. The van der Waals surface area contributed by atoms with E-state index in [4.69, 9.17) is 0 Å². The molecule has 7 heteroatoms. The third-order valence-electron chi connectivity index (χ3n) is 3.45. The number of alkyl halides is 3. The van der Waals surface area contributed by atoms with Gasteiger partial charge in [-0.1, -0.05) is 60.7 Å². The molecule has 0 aliphatic heterocycles. The summed E-state index contributed by atoms with van der Waals surface area (Å²) in [6, 6.07) is 15.9. The first-order valence-corrected chi connectivity index (χ1v) is 7.01. The fourth-order valence-corrected chi connectivity index (χ4v) is 2.07. The summed E-state index contributed by atoms with van der Waals surface area (Å²) in [6.07, 6.45) is -4.66. The van der Waals surface area contributed by atoms with Gasteiger partial charge in [0, 0.05) is 0 Å². The highest BCUT2D eigenvalue weighted by molar-refractivity contribution is 5.93. The van der Waals surface area contributed by atoms with Crippen molar-refractivity contribution in [1.29, 1.82) is 0 Å². The Labute approximate surface area is 136 Å². The summed E-state index contributed by atoms with van der Waals surface area (Å²) >= 11 is 0. The van der Waals surface area contributed by atoms with Gasteiger partial charge in [-0.25, -0.2) is 5.43 Å². The van der Waals surface area contributed by atoms with Gasteiger partial charge in [0.15, 0.2) is 5.60 Å². The number of rotatable bonds is 4. The number of nitrogens with zero attached hydrogens (tertiary/aromatic N) is 1. The molecular formula is C17H15F3N2O2. The fraction of sp³-hybridized carbons (Fsp3) is 0.176. The number of hydrogen-bond donors (Lipinski definition) is 2. The maximum Gasteiger partial charge on any atom is 0.430 e. The molecular weight excluding hydrogens is 321 g/mol. The Morgan fingerprint density at radius 3 is 1.75 bits per heavy atom. The van der Waals surface area contributed by atoms with E-state index in [9.17, 15) is 23.1 Å². The van der Waals surface area contributed by atoms with E-state index in [1.165, 1.54) is 24.3 Å². The maximum atomic E-state index is 12.5. The number of hydrogen-bond acceptors (Lipinski definition) is 3. The van der Waals surface area contributed by atoms with E-state index in [2.05, 4.69) is 5.10 Å². The predicted molar refractivity (Wildman–Crippen MR) is 83.2 cm³/mol. The van der Waals surface area contributed by atoms with Crippen LogP contribution in [0.3, 0.4) is 0 Å². The number of carbonyl (C=O) groups excluding carboxylic acids is 1. The van der Waals surface area contributed by atoms with Crippen LogP contribution in [0.15, 0.2) is 65.8 Å². The van der Waals surface area contributed by atoms with Gasteiger partial charge in [0.25, 0.3) is 5.91 Å². The third kappa shape index (κ3) is 3.62. The Balaban J connectivity index is 2.43. The Morgan fingerprint density at radius 1 is 0.958 bits per heavy atom. The van der Waals surface area contributed by atoms with Crippen molar-refractivity contribution >= 4 is 11.6 Å². The summed E-state index contributed by atoms with van der Waals surface area (Å²) in [5.41, 5.74) is -1.15. The lowest BCUT2D eigenvalue weighted by atomic mass is 9.85. The number of carbonyl (C=O) groups is 1. The van der Waals surface area contributed by atoms with Crippen LogP contribution in [-0.4, -0.2) is 22.9 Å². The number of halogens is 3. The number of amides is 1. The summed E-state index contributed by atoms with van der Waals surface area (Å²) in [4.78, 5) is 12.5. The average molecular weight is 336 g/mol. The van der Waals surface area contributed by atoms with Crippen LogP contribution in [-0.2, 0) is 10.4 Å². The molecule has 24 heavy (non-hydrogen) atoms. The summed E-state index contributed by atoms with van der Waals surface area (Å²) in [5, 5.41) is 14.0. The maximum absolute atomic E-state index is 12.5. The van der Waals surface area contributed by atoms with E-state index in [-0.39, 0.29) is 11.1 Å². The standard InChI is InChI=1S/C17H15F3N2O2/c1-12(17(18,19)20)21-22-15(23)16(24,13-8-4-2-5-9-13)14-10-6-3-7-11-14/h2-11,24H,1H3,(H,22,23). The monoisotopic (exact) mass is 336 g/mol. The van der Waals surface area contributed by atoms with Crippen molar-refractivity contribution in [2.75, 3.05) is 0 Å². The van der Waals surface area contributed by atoms with Gasteiger partial charge in [0.2, 0.25) is 0 Å². The normalized spacial score (nSPS) is 12.8. The molecule has 0 bridgehead atoms. The first-order valence-electron chi connectivity index (χ1n) is 7.01. The van der Waals surface area contributed by atoms with Crippen LogP contribution in [0.25, 0.3) is 0 Å². The predicted octanol–water partition coefficient (Wildman–Crippen LogP) is 2.98. The van der Waals surface area contributed by atoms with E-state index >= 15 is 0 Å². The van der Waals surface area contributed by atoms with Crippen molar-refractivity contribution in [2.24, 2.45) is 5.10 Å². The van der Waals surface area contributed by atoms with Gasteiger partial charge in [0.05, 0.1) is 0 Å². The second-order valence-electron chi connectivity index (χ2n) is 5.08. The van der Waals surface area contributed by atoms with Crippen molar-refractivity contribution in [3.05, 3.63) is 71.8 Å². The van der Waals surface area contributed by atoms with Crippen LogP contribution in [0, 0.1) is 0 Å². The van der Waals surface area contributed by atoms with Crippen LogP contribution in [0.4, 0.5) is 13.2 Å². The number of benzene rings is 2. The molecule has 2 aromatic carbocycles. The molecule has 0 saturated heterocycles. The van der Waals surface area contributed by atoms with Crippen molar-refractivity contribution < 1.29 is 23.1 Å². The van der Waals surface area contributed by atoms with Gasteiger partial charge < -0.3 is 5.11 Å². The van der Waals surface area contributed by atoms with Gasteiger partial charge >= 0.3 is 6.18 Å². The van der Waals surface area contributed by atoms with E-state index in [0.717, 1.165) is 6.92 Å². The van der Waals surface area contributed by atoms with Gasteiger partial charge in [-0.2, -0.15) is 18.3 Å². The molecule has 0 saturated carbocycles. The molecule has 4 nitrogen and oxygen atoms in total. The Kier molecular flexibility index (Phi) is 5.04. The molecule has 0 fully saturated rings. The summed E-state index contributed by atoms with van der Waals surface area (Å²) in [5.74, 6) is -1.08. The Morgan fingerprint density at radius 2 is 1.38 bits per heavy atom. The SMILES string of the molecule is CC(=NNC(=O)C(O)(c1ccccc1)c1ccccc1)C(F)(F)F. The van der Waals surface area contributed by atoms with Crippen molar-refractivity contribution in [3.63, 3.8) is 0 Å². The minimum absolute atomic E-state index is 0.216. The van der Waals surface area contributed by atoms with Crippen molar-refractivity contribution in [1.82, 2.24) is 5.43 Å². The second kappa shape index (κ2) is 6.84. The lowest BCUT2D eigenvalue weighted by molar-refractivity contribution is -0.136. The molecule has 0 aliphatic rings. The molecule has 0 atom stereocenters. The molecule has 0 heterocycles. The lowest BCUT2D eigenvalue weighted by Crippen LogP contribution is -2.44. The molecule has 0 unspecified atom stereocenters. The van der Waals surface area contributed by atoms with Crippen LogP contribution < -0.4 is 5.43 Å². The molecule has 0 aromatic heterocycles. The highest BCUT2D eigenvalue weighted by Gasteiger charge is 2.40. The first kappa shape index (κ1) is 17.7. The van der Waals surface area contributed by atoms with Gasteiger partial charge in [-0.3, -0.25) is 4.79 Å². The molecule has 2 rings (SSSR count). The Hall–Kier alpha value is -2.67. The molecule has 0 aliphatic carbocycles. The average Bonchev–Trinajstić information content (AvgIpc) is 2.59. The van der Waals surface area contributed by atoms with Gasteiger partial charge in [-0.15, -0.1) is 0 Å². The molecule has 2 N–H and O–H groups in total. The van der Waals surface area contributed by atoms with E-state index in [0.29, 0.717) is 0 Å². The minimum Gasteiger partial charge on any atom is -0.372 e. The Bertz CT molecular complexity index is 689. The molecule has 0 radical (unpaired) electrons. The quantitative estimate of drug-likeness (QED) is 0.666. The molecule has 126 valence electrons. The largest absolute Gasteiger partial charge is 0.430 e. The van der Waals surface area contributed by atoms with Crippen LogP contribution in [0.1, 0.15) is 18.1 Å². The molecule has 2 aromatic rings. The fourth-order valence-electron chi connectivity index (χ4n) is 2.07. The highest BCUT2D eigenvalue weighted by Crippen LogP contribution is 2.30. The zero-order chi connectivity index (χ0) is 17.8. The van der Waals surface area contributed by atoms with Crippen LogP contribution in [0.2, 0.25) is 0 Å². The number of nitrogens with one attached hydrogen (secondary N) is 1. The summed E-state index contributed by atoms with van der Waals surface area (Å²) in [7, 11) is 0. The zero-order valence-corrected chi connectivity index (χ0v) is 12.7. The van der Waals surface area contributed by atoms with Crippen LogP contribution in [0.5, 0.6) is 0 Å². The third-order valence-corrected chi connectivity index (χ3v) is 3.45. The van der Waals surface area contributed by atoms with Crippen molar-refractivity contribution in [2.45, 2.75) is 18.7 Å². The van der Waals surface area contributed by atoms with Crippen molar-refractivity contribution in [3.8, 4) is 0 Å². The highest BCUT2D eigenvalue weighted by atomic mass is 19.4. The van der Waals surface area contributed by atoms with Crippen LogP contribution >= 0.6 is 0 Å².